The number of Topliss-reactive ketones (excluding diaryl/α,β-unsaturated/α-hetero) is 1. The Kier molecular flexibility index (Phi) is 8.60. The monoisotopic (exact) mass is 466 g/mol. The molecule has 0 aromatic heterocycles. The molecular formula is C27H31FN2O4. The standard InChI is InChI=1S/C27H31FN2O4/c1-4-18-34-22-14-10-19(11-15-22)24-23(25(31)20-8-12-21(28)13-9-20)26(32)27(33)30(24)17-7-16-29(5-2)6-3/h4,8-15,24,31H,1,5-7,16-18H2,2-3H3/b25-23+. The highest BCUT2D eigenvalue weighted by Gasteiger charge is 2.44. The molecule has 1 N–H and O–H groups in total. The van der Waals surface area contributed by atoms with E-state index in [2.05, 4.69) is 20.4 Å². The number of nitrogens with one attached hydrogen (secondary N) is 1. The normalized spacial score (nSPS) is 17.4. The molecule has 1 unspecified atom stereocenters. The van der Waals surface area contributed by atoms with E-state index in [9.17, 15) is 19.1 Å². The summed E-state index contributed by atoms with van der Waals surface area (Å²) in [6.45, 7) is 11.3. The minimum absolute atomic E-state index is 0.105. The number of quaternary nitrogens is 1. The van der Waals surface area contributed by atoms with E-state index < -0.39 is 29.3 Å². The smallest absolute Gasteiger partial charge is 0.295 e. The van der Waals surface area contributed by atoms with Gasteiger partial charge in [-0.2, -0.15) is 0 Å². The number of benzene rings is 2. The van der Waals surface area contributed by atoms with Crippen molar-refractivity contribution < 1.29 is 28.7 Å². The van der Waals surface area contributed by atoms with E-state index in [4.69, 9.17) is 4.74 Å². The van der Waals surface area contributed by atoms with E-state index in [-0.39, 0.29) is 11.1 Å². The first-order chi connectivity index (χ1) is 16.4. The maximum atomic E-state index is 13.4. The topological polar surface area (TPSA) is 74.1 Å². The Hall–Kier alpha value is -3.45. The number of hydrogen-bond acceptors (Lipinski definition) is 4. The summed E-state index contributed by atoms with van der Waals surface area (Å²) < 4.78 is 18.9. The summed E-state index contributed by atoms with van der Waals surface area (Å²) in [6.07, 6.45) is 2.33. The number of halogens is 1. The Morgan fingerprint density at radius 2 is 1.76 bits per heavy atom. The molecule has 180 valence electrons. The first-order valence-corrected chi connectivity index (χ1v) is 11.6. The van der Waals surface area contributed by atoms with Crippen LogP contribution in [0.15, 0.2) is 66.8 Å². The van der Waals surface area contributed by atoms with Crippen LogP contribution in [0.3, 0.4) is 0 Å². The summed E-state index contributed by atoms with van der Waals surface area (Å²) in [5.74, 6) is -1.92. The van der Waals surface area contributed by atoms with Gasteiger partial charge in [0.1, 0.15) is 18.2 Å². The molecule has 7 heteroatoms. The SMILES string of the molecule is C=CCOc1ccc(C2/C(=C(\[O-])c3ccc(F)cc3)C(=O)C(=O)N2CCC[NH+](CC)CC)cc1. The average molecular weight is 467 g/mol. The van der Waals surface area contributed by atoms with Crippen LogP contribution in [0.4, 0.5) is 4.39 Å². The van der Waals surface area contributed by atoms with Gasteiger partial charge in [-0.05, 0) is 49.2 Å². The number of carbonyl (C=O) groups is 2. The minimum atomic E-state index is -0.808. The van der Waals surface area contributed by atoms with Gasteiger partial charge >= 0.3 is 0 Å². The number of rotatable bonds is 11. The molecule has 1 amide bonds. The van der Waals surface area contributed by atoms with Crippen molar-refractivity contribution in [2.45, 2.75) is 26.3 Å². The van der Waals surface area contributed by atoms with Crippen LogP contribution >= 0.6 is 0 Å². The van der Waals surface area contributed by atoms with Crippen LogP contribution in [0.1, 0.15) is 37.4 Å². The molecule has 1 saturated heterocycles. The van der Waals surface area contributed by atoms with Crippen LogP contribution in [0.25, 0.3) is 5.76 Å². The van der Waals surface area contributed by atoms with E-state index in [0.717, 1.165) is 19.6 Å². The zero-order chi connectivity index (χ0) is 24.7. The lowest BCUT2D eigenvalue weighted by Crippen LogP contribution is -3.11. The van der Waals surface area contributed by atoms with E-state index in [1.54, 1.807) is 30.3 Å². The quantitative estimate of drug-likeness (QED) is 0.238. The first-order valence-electron chi connectivity index (χ1n) is 11.6. The van der Waals surface area contributed by atoms with E-state index >= 15 is 0 Å². The van der Waals surface area contributed by atoms with Crippen LogP contribution in [0, 0.1) is 5.82 Å². The van der Waals surface area contributed by atoms with Gasteiger partial charge in [-0.25, -0.2) is 4.39 Å². The van der Waals surface area contributed by atoms with E-state index in [1.165, 1.54) is 34.1 Å². The number of carbonyl (C=O) groups excluding carboxylic acids is 2. The molecule has 0 spiro atoms. The van der Waals surface area contributed by atoms with Crippen LogP contribution in [-0.4, -0.2) is 49.4 Å². The van der Waals surface area contributed by atoms with Crippen molar-refractivity contribution in [3.63, 3.8) is 0 Å². The Morgan fingerprint density at radius 3 is 2.35 bits per heavy atom. The van der Waals surface area contributed by atoms with Crippen molar-refractivity contribution in [1.82, 2.24) is 4.90 Å². The second kappa shape index (κ2) is 11.6. The van der Waals surface area contributed by atoms with Gasteiger partial charge in [0.15, 0.2) is 0 Å². The zero-order valence-corrected chi connectivity index (χ0v) is 19.7. The Bertz CT molecular complexity index is 1040. The fraction of sp³-hybridized carbons (Fsp3) is 0.333. The molecule has 2 aromatic rings. The fourth-order valence-electron chi connectivity index (χ4n) is 4.21. The first kappa shape index (κ1) is 25.2. The maximum absolute atomic E-state index is 13.4. The van der Waals surface area contributed by atoms with Crippen molar-refractivity contribution in [3.8, 4) is 5.75 Å². The minimum Gasteiger partial charge on any atom is -0.872 e. The average Bonchev–Trinajstić information content (AvgIpc) is 3.10. The molecule has 0 aliphatic carbocycles. The van der Waals surface area contributed by atoms with Crippen molar-refractivity contribution >= 4 is 17.4 Å². The molecule has 2 aromatic carbocycles. The van der Waals surface area contributed by atoms with Gasteiger partial charge in [0.25, 0.3) is 5.91 Å². The molecule has 0 radical (unpaired) electrons. The summed E-state index contributed by atoms with van der Waals surface area (Å²) in [6, 6.07) is 11.2. The number of amides is 1. The van der Waals surface area contributed by atoms with Gasteiger partial charge in [-0.15, -0.1) is 0 Å². The molecule has 1 atom stereocenters. The lowest BCUT2D eigenvalue weighted by atomic mass is 9.95. The van der Waals surface area contributed by atoms with Crippen molar-refractivity contribution in [1.29, 1.82) is 0 Å². The predicted octanol–water partition coefficient (Wildman–Crippen LogP) is 1.93. The highest BCUT2D eigenvalue weighted by molar-refractivity contribution is 6.46. The fourth-order valence-corrected chi connectivity index (χ4v) is 4.21. The largest absolute Gasteiger partial charge is 0.872 e. The molecule has 3 rings (SSSR count). The summed E-state index contributed by atoms with van der Waals surface area (Å²) in [5.41, 5.74) is 0.709. The van der Waals surface area contributed by atoms with Crippen LogP contribution in [0.5, 0.6) is 5.75 Å². The summed E-state index contributed by atoms with van der Waals surface area (Å²) in [7, 11) is 0. The molecule has 1 fully saturated rings. The number of ether oxygens (including phenoxy) is 1. The summed E-state index contributed by atoms with van der Waals surface area (Å²) in [4.78, 5) is 28.9. The van der Waals surface area contributed by atoms with Crippen LogP contribution in [0.2, 0.25) is 0 Å². The molecule has 34 heavy (non-hydrogen) atoms. The molecule has 0 bridgehead atoms. The second-order valence-electron chi connectivity index (χ2n) is 8.21. The van der Waals surface area contributed by atoms with Gasteiger partial charge in [0.2, 0.25) is 5.78 Å². The van der Waals surface area contributed by atoms with Crippen molar-refractivity contribution in [3.05, 3.63) is 83.7 Å². The predicted molar refractivity (Wildman–Crippen MR) is 126 cm³/mol. The number of nitrogens with zero attached hydrogens (tertiary/aromatic N) is 1. The summed E-state index contributed by atoms with van der Waals surface area (Å²) in [5, 5.41) is 13.3. The molecule has 1 heterocycles. The Morgan fingerprint density at radius 1 is 1.12 bits per heavy atom. The maximum Gasteiger partial charge on any atom is 0.295 e. The van der Waals surface area contributed by atoms with Gasteiger partial charge in [0.05, 0.1) is 25.7 Å². The second-order valence-corrected chi connectivity index (χ2v) is 8.21. The van der Waals surface area contributed by atoms with E-state index in [0.29, 0.717) is 30.9 Å². The van der Waals surface area contributed by atoms with Gasteiger partial charge in [-0.1, -0.05) is 42.7 Å². The zero-order valence-electron chi connectivity index (χ0n) is 19.7. The highest BCUT2D eigenvalue weighted by atomic mass is 19.1. The lowest BCUT2D eigenvalue weighted by Gasteiger charge is -2.28. The third-order valence-electron chi connectivity index (χ3n) is 6.13. The molecule has 6 nitrogen and oxygen atoms in total. The molecular weight excluding hydrogens is 435 g/mol. The lowest BCUT2D eigenvalue weighted by molar-refractivity contribution is -0.896. The third kappa shape index (κ3) is 5.54. The van der Waals surface area contributed by atoms with Crippen LogP contribution in [-0.2, 0) is 9.59 Å². The highest BCUT2D eigenvalue weighted by Crippen LogP contribution is 2.39. The van der Waals surface area contributed by atoms with Gasteiger partial charge < -0.3 is 19.6 Å². The van der Waals surface area contributed by atoms with Gasteiger partial charge in [0, 0.05) is 18.5 Å². The van der Waals surface area contributed by atoms with E-state index in [1.807, 2.05) is 0 Å². The van der Waals surface area contributed by atoms with Gasteiger partial charge in [-0.3, -0.25) is 9.59 Å². The Balaban J connectivity index is 2.00. The van der Waals surface area contributed by atoms with Crippen molar-refractivity contribution in [2.24, 2.45) is 0 Å². The summed E-state index contributed by atoms with van der Waals surface area (Å²) >= 11 is 0. The van der Waals surface area contributed by atoms with Crippen LogP contribution < -0.4 is 14.7 Å². The third-order valence-corrected chi connectivity index (χ3v) is 6.13. The number of likely N-dealkylation sites (tertiary alicyclic amines) is 1. The molecule has 0 saturated carbocycles. The molecule has 1 aliphatic rings. The number of hydrogen-bond donors (Lipinski definition) is 1. The number of ketones is 1. The Labute approximate surface area is 199 Å². The molecule has 1 aliphatic heterocycles. The van der Waals surface area contributed by atoms with Crippen molar-refractivity contribution in [2.75, 3.05) is 32.8 Å².